The van der Waals surface area contributed by atoms with Gasteiger partial charge in [0.2, 0.25) is 0 Å². The van der Waals surface area contributed by atoms with Crippen molar-refractivity contribution < 1.29 is 8.78 Å². The van der Waals surface area contributed by atoms with Crippen molar-refractivity contribution in [3.05, 3.63) is 89.1 Å². The summed E-state index contributed by atoms with van der Waals surface area (Å²) < 4.78 is 30.2. The van der Waals surface area contributed by atoms with Crippen molar-refractivity contribution in [1.29, 1.82) is 0 Å². The fourth-order valence-electron chi connectivity index (χ4n) is 3.53. The minimum absolute atomic E-state index is 0.0953. The molecule has 29 heavy (non-hydrogen) atoms. The molecule has 3 nitrogen and oxygen atoms in total. The zero-order valence-corrected chi connectivity index (χ0v) is 16.1. The lowest BCUT2D eigenvalue weighted by Gasteiger charge is -2.08. The maximum atomic E-state index is 14.4. The summed E-state index contributed by atoms with van der Waals surface area (Å²) in [5.41, 5.74) is 3.86. The molecule has 0 unspecified atom stereocenters. The van der Waals surface area contributed by atoms with Gasteiger partial charge >= 0.3 is 0 Å². The number of fused-ring (bicyclic) bond motifs is 3. The van der Waals surface area contributed by atoms with E-state index >= 15 is 0 Å². The number of benzene rings is 3. The second-order valence-electron chi connectivity index (χ2n) is 6.86. The lowest BCUT2D eigenvalue weighted by molar-refractivity contribution is 0.590. The van der Waals surface area contributed by atoms with Crippen LogP contribution in [0.1, 0.15) is 5.56 Å². The maximum absolute atomic E-state index is 14.4. The molecule has 6 heteroatoms. The molecule has 3 aromatic carbocycles. The number of aromatic nitrogens is 3. The first kappa shape index (κ1) is 17.8. The number of halogens is 3. The van der Waals surface area contributed by atoms with Crippen LogP contribution in [0.25, 0.3) is 38.8 Å². The molecule has 0 bridgehead atoms. The molecular weight excluding hydrogens is 392 g/mol. The normalized spacial score (nSPS) is 11.4. The van der Waals surface area contributed by atoms with Crippen LogP contribution in [0, 0.1) is 18.6 Å². The van der Waals surface area contributed by atoms with Crippen molar-refractivity contribution >= 4 is 33.4 Å². The zero-order valence-electron chi connectivity index (χ0n) is 15.3. The summed E-state index contributed by atoms with van der Waals surface area (Å²) in [6.45, 7) is 1.91. The van der Waals surface area contributed by atoms with Gasteiger partial charge in [-0.1, -0.05) is 48.0 Å². The smallest absolute Gasteiger partial charge is 0.152 e. The molecule has 0 aliphatic carbocycles. The Morgan fingerprint density at radius 3 is 2.48 bits per heavy atom. The molecule has 0 radical (unpaired) electrons. The highest BCUT2D eigenvalue weighted by Crippen LogP contribution is 2.35. The number of hydrogen-bond acceptors (Lipinski definition) is 2. The van der Waals surface area contributed by atoms with Crippen LogP contribution in [0.4, 0.5) is 8.78 Å². The van der Waals surface area contributed by atoms with Crippen LogP contribution in [0.15, 0.2) is 66.9 Å². The SMILES string of the molecule is Cc1ccc(-n2nc(-c3ccccc3)c3cnc4c(F)cc(F)cc4c32)cc1Cl. The first-order valence-corrected chi connectivity index (χ1v) is 9.39. The van der Waals surface area contributed by atoms with Crippen LogP contribution >= 0.6 is 11.6 Å². The van der Waals surface area contributed by atoms with Crippen molar-refractivity contribution in [2.75, 3.05) is 0 Å². The third-order valence-electron chi connectivity index (χ3n) is 4.98. The van der Waals surface area contributed by atoms with Crippen molar-refractivity contribution in [2.24, 2.45) is 0 Å². The van der Waals surface area contributed by atoms with E-state index in [0.29, 0.717) is 32.7 Å². The second kappa shape index (κ2) is 6.64. The number of aryl methyl sites for hydroxylation is 1. The van der Waals surface area contributed by atoms with Crippen LogP contribution in [0.2, 0.25) is 5.02 Å². The molecule has 0 fully saturated rings. The van der Waals surface area contributed by atoms with Crippen LogP contribution in [-0.4, -0.2) is 14.8 Å². The van der Waals surface area contributed by atoms with Gasteiger partial charge in [0.05, 0.1) is 11.2 Å². The van der Waals surface area contributed by atoms with Crippen LogP contribution in [0.5, 0.6) is 0 Å². The van der Waals surface area contributed by atoms with Crippen molar-refractivity contribution in [3.8, 4) is 16.9 Å². The standard InChI is InChI=1S/C23H14ClF2N3/c1-13-7-8-16(11-19(13)24)29-23-17-9-15(25)10-20(26)22(17)27-12-18(23)21(28-29)14-5-3-2-4-6-14/h2-12H,1H3. The topological polar surface area (TPSA) is 30.7 Å². The fraction of sp³-hybridized carbons (Fsp3) is 0.0435. The largest absolute Gasteiger partial charge is 0.252 e. The van der Waals surface area contributed by atoms with E-state index in [1.54, 1.807) is 16.9 Å². The number of hydrogen-bond donors (Lipinski definition) is 0. The average Bonchev–Trinajstić information content (AvgIpc) is 3.11. The van der Waals surface area contributed by atoms with Gasteiger partial charge in [-0.2, -0.15) is 5.10 Å². The molecule has 0 aliphatic rings. The van der Waals surface area contributed by atoms with Gasteiger partial charge in [0.1, 0.15) is 17.0 Å². The highest BCUT2D eigenvalue weighted by Gasteiger charge is 2.19. The Balaban J connectivity index is 1.94. The lowest BCUT2D eigenvalue weighted by atomic mass is 10.1. The summed E-state index contributed by atoms with van der Waals surface area (Å²) in [7, 11) is 0. The van der Waals surface area contributed by atoms with Gasteiger partial charge in [-0.25, -0.2) is 13.5 Å². The lowest BCUT2D eigenvalue weighted by Crippen LogP contribution is -1.98. The van der Waals surface area contributed by atoms with E-state index in [1.165, 1.54) is 6.07 Å². The summed E-state index contributed by atoms with van der Waals surface area (Å²) in [5.74, 6) is -1.38. The molecule has 0 amide bonds. The molecule has 2 aromatic heterocycles. The van der Waals surface area contributed by atoms with Gasteiger partial charge in [0.15, 0.2) is 5.82 Å². The molecule has 5 rings (SSSR count). The Morgan fingerprint density at radius 1 is 0.931 bits per heavy atom. The molecule has 0 saturated heterocycles. The third kappa shape index (κ3) is 2.86. The minimum Gasteiger partial charge on any atom is -0.252 e. The first-order valence-electron chi connectivity index (χ1n) is 9.01. The van der Waals surface area contributed by atoms with Crippen LogP contribution in [-0.2, 0) is 0 Å². The van der Waals surface area contributed by atoms with Gasteiger partial charge < -0.3 is 0 Å². The molecular formula is C23H14ClF2N3. The predicted octanol–water partition coefficient (Wildman–Crippen LogP) is 6.48. The van der Waals surface area contributed by atoms with Crippen molar-refractivity contribution in [3.63, 3.8) is 0 Å². The Labute approximate surface area is 170 Å². The zero-order chi connectivity index (χ0) is 20.1. The van der Waals surface area contributed by atoms with E-state index in [1.807, 2.05) is 49.4 Å². The van der Waals surface area contributed by atoms with Gasteiger partial charge in [-0.3, -0.25) is 4.98 Å². The summed E-state index contributed by atoms with van der Waals surface area (Å²) in [5, 5.41) is 6.42. The Morgan fingerprint density at radius 2 is 1.72 bits per heavy atom. The summed E-state index contributed by atoms with van der Waals surface area (Å²) in [6, 6.07) is 17.3. The van der Waals surface area contributed by atoms with E-state index in [-0.39, 0.29) is 5.52 Å². The van der Waals surface area contributed by atoms with Gasteiger partial charge in [0, 0.05) is 33.6 Å². The predicted molar refractivity (Wildman–Crippen MR) is 111 cm³/mol. The molecule has 0 aliphatic heterocycles. The van der Waals surface area contributed by atoms with E-state index in [2.05, 4.69) is 4.98 Å². The van der Waals surface area contributed by atoms with Gasteiger partial charge in [0.25, 0.3) is 0 Å². The average molecular weight is 406 g/mol. The highest BCUT2D eigenvalue weighted by atomic mass is 35.5. The number of pyridine rings is 1. The molecule has 142 valence electrons. The molecule has 5 aromatic rings. The third-order valence-corrected chi connectivity index (χ3v) is 5.38. The van der Waals surface area contributed by atoms with Gasteiger partial charge in [-0.15, -0.1) is 0 Å². The molecule has 0 spiro atoms. The number of rotatable bonds is 2. The summed E-state index contributed by atoms with van der Waals surface area (Å²) in [4.78, 5) is 4.25. The van der Waals surface area contributed by atoms with Crippen LogP contribution < -0.4 is 0 Å². The molecule has 0 atom stereocenters. The van der Waals surface area contributed by atoms with E-state index in [0.717, 1.165) is 17.2 Å². The fourth-order valence-corrected chi connectivity index (χ4v) is 3.70. The quantitative estimate of drug-likeness (QED) is 0.336. The monoisotopic (exact) mass is 405 g/mol. The molecule has 2 heterocycles. The van der Waals surface area contributed by atoms with E-state index in [4.69, 9.17) is 16.7 Å². The van der Waals surface area contributed by atoms with Crippen molar-refractivity contribution in [1.82, 2.24) is 14.8 Å². The molecule has 0 N–H and O–H groups in total. The second-order valence-corrected chi connectivity index (χ2v) is 7.27. The van der Waals surface area contributed by atoms with E-state index in [9.17, 15) is 8.78 Å². The molecule has 0 saturated carbocycles. The first-order chi connectivity index (χ1) is 14.0. The summed E-state index contributed by atoms with van der Waals surface area (Å²) >= 11 is 6.33. The Bertz CT molecular complexity index is 1390. The minimum atomic E-state index is -0.710. The van der Waals surface area contributed by atoms with Crippen molar-refractivity contribution in [2.45, 2.75) is 6.92 Å². The Kier molecular flexibility index (Phi) is 4.07. The highest BCUT2D eigenvalue weighted by molar-refractivity contribution is 6.31. The Hall–Kier alpha value is -3.31. The van der Waals surface area contributed by atoms with E-state index < -0.39 is 11.6 Å². The summed E-state index contributed by atoms with van der Waals surface area (Å²) in [6.07, 6.45) is 1.58. The van der Waals surface area contributed by atoms with Crippen LogP contribution in [0.3, 0.4) is 0 Å². The number of nitrogens with zero attached hydrogens (tertiary/aromatic N) is 3. The van der Waals surface area contributed by atoms with Gasteiger partial charge in [-0.05, 0) is 30.7 Å². The maximum Gasteiger partial charge on any atom is 0.152 e.